The summed E-state index contributed by atoms with van der Waals surface area (Å²) < 4.78 is 10.8. The van der Waals surface area contributed by atoms with E-state index in [0.29, 0.717) is 31.0 Å². The number of piperazine rings is 1. The van der Waals surface area contributed by atoms with Gasteiger partial charge in [-0.25, -0.2) is 4.79 Å². The molecule has 0 saturated carbocycles. The van der Waals surface area contributed by atoms with Gasteiger partial charge in [0.25, 0.3) is 16.2 Å². The molecule has 2 aromatic carbocycles. The SMILES string of the molecule is O=C(OCCCCO[N+](=O)[O-])C1CSC(=O)N1C(=O)COCCN1CCN(C(c2ccccc2)c2ccc(Cl)cc2)CC1. The van der Waals surface area contributed by atoms with E-state index in [2.05, 4.69) is 38.9 Å². The van der Waals surface area contributed by atoms with Crippen LogP contribution in [0.2, 0.25) is 5.02 Å². The number of thioether (sulfide) groups is 1. The molecule has 2 aliphatic heterocycles. The highest BCUT2D eigenvalue weighted by Gasteiger charge is 2.42. The molecule has 0 bridgehead atoms. The molecule has 232 valence electrons. The minimum atomic E-state index is -1.02. The van der Waals surface area contributed by atoms with Crippen molar-refractivity contribution in [2.75, 3.05) is 64.9 Å². The highest BCUT2D eigenvalue weighted by molar-refractivity contribution is 8.14. The van der Waals surface area contributed by atoms with Gasteiger partial charge in [0.05, 0.1) is 25.9 Å². The summed E-state index contributed by atoms with van der Waals surface area (Å²) in [5.74, 6) is -1.17. The van der Waals surface area contributed by atoms with E-state index in [-0.39, 0.29) is 31.6 Å². The van der Waals surface area contributed by atoms with Gasteiger partial charge in [0.2, 0.25) is 0 Å². The molecule has 12 nitrogen and oxygen atoms in total. The summed E-state index contributed by atoms with van der Waals surface area (Å²) >= 11 is 7.02. The highest BCUT2D eigenvalue weighted by atomic mass is 35.5. The number of carbonyl (C=O) groups is 3. The first-order valence-corrected chi connectivity index (χ1v) is 15.5. The number of hydrogen-bond donors (Lipinski definition) is 0. The first-order chi connectivity index (χ1) is 20.8. The number of rotatable bonds is 15. The zero-order valence-electron chi connectivity index (χ0n) is 23.7. The van der Waals surface area contributed by atoms with Gasteiger partial charge < -0.3 is 14.3 Å². The summed E-state index contributed by atoms with van der Waals surface area (Å²) in [6.45, 7) is 3.91. The number of amides is 2. The molecule has 2 atom stereocenters. The van der Waals surface area contributed by atoms with Gasteiger partial charge in [-0.1, -0.05) is 65.8 Å². The van der Waals surface area contributed by atoms with Crippen LogP contribution in [-0.4, -0.2) is 108 Å². The van der Waals surface area contributed by atoms with E-state index >= 15 is 0 Å². The van der Waals surface area contributed by atoms with Crippen LogP contribution in [0, 0.1) is 10.1 Å². The standard InChI is InChI=1S/C29H35ClN4O8S/c30-24-10-8-23(9-11-24)27(22-6-2-1-3-7-22)32-14-12-31(13-15-32)16-19-40-20-26(35)33-25(21-43-29(33)37)28(36)41-17-4-5-18-42-34(38)39/h1-3,6-11,25,27H,4-5,12-21H2. The number of benzene rings is 2. The van der Waals surface area contributed by atoms with Gasteiger partial charge in [-0.05, 0) is 36.1 Å². The van der Waals surface area contributed by atoms with E-state index in [0.717, 1.165) is 42.8 Å². The third kappa shape index (κ3) is 9.63. The number of halogens is 1. The quantitative estimate of drug-likeness (QED) is 0.123. The predicted octanol–water partition coefficient (Wildman–Crippen LogP) is 3.66. The molecule has 2 amide bonds. The number of hydrogen-bond acceptors (Lipinski definition) is 11. The van der Waals surface area contributed by atoms with Crippen molar-refractivity contribution in [2.24, 2.45) is 0 Å². The van der Waals surface area contributed by atoms with E-state index in [4.69, 9.17) is 21.1 Å². The lowest BCUT2D eigenvalue weighted by Gasteiger charge is -2.39. The first-order valence-electron chi connectivity index (χ1n) is 14.1. The average molecular weight is 635 g/mol. The molecule has 4 rings (SSSR count). The van der Waals surface area contributed by atoms with E-state index in [1.807, 2.05) is 30.3 Å². The smallest absolute Gasteiger partial charge is 0.330 e. The molecule has 0 N–H and O–H groups in total. The second-order valence-electron chi connectivity index (χ2n) is 10.1. The molecule has 2 aromatic rings. The zero-order valence-corrected chi connectivity index (χ0v) is 25.2. The van der Waals surface area contributed by atoms with Crippen LogP contribution in [0.3, 0.4) is 0 Å². The third-order valence-corrected chi connectivity index (χ3v) is 8.42. The van der Waals surface area contributed by atoms with Crippen LogP contribution >= 0.6 is 23.4 Å². The third-order valence-electron chi connectivity index (χ3n) is 7.24. The summed E-state index contributed by atoms with van der Waals surface area (Å²) in [5.41, 5.74) is 2.41. The molecule has 2 saturated heterocycles. The largest absolute Gasteiger partial charge is 0.464 e. The Balaban J connectivity index is 1.18. The van der Waals surface area contributed by atoms with Gasteiger partial charge in [-0.15, -0.1) is 10.1 Å². The monoisotopic (exact) mass is 634 g/mol. The minimum Gasteiger partial charge on any atom is -0.464 e. The maximum atomic E-state index is 12.8. The molecular weight excluding hydrogens is 600 g/mol. The van der Waals surface area contributed by atoms with Crippen molar-refractivity contribution in [3.8, 4) is 0 Å². The fourth-order valence-corrected chi connectivity index (χ4v) is 6.12. The molecule has 2 unspecified atom stereocenters. The molecule has 0 spiro atoms. The fourth-order valence-electron chi connectivity index (χ4n) is 5.05. The van der Waals surface area contributed by atoms with Gasteiger partial charge in [0, 0.05) is 43.5 Å². The average Bonchev–Trinajstić information content (AvgIpc) is 3.40. The normalized spacial score (nSPS) is 18.4. The van der Waals surface area contributed by atoms with Crippen LogP contribution in [-0.2, 0) is 23.9 Å². The van der Waals surface area contributed by atoms with Crippen molar-refractivity contribution in [2.45, 2.75) is 24.9 Å². The van der Waals surface area contributed by atoms with Crippen LogP contribution in [0.4, 0.5) is 4.79 Å². The highest BCUT2D eigenvalue weighted by Crippen LogP contribution is 2.30. The number of ether oxygens (including phenoxy) is 2. The second-order valence-corrected chi connectivity index (χ2v) is 11.5. The van der Waals surface area contributed by atoms with E-state index in [1.165, 1.54) is 11.1 Å². The number of unbranched alkanes of at least 4 members (excludes halogenated alkanes) is 1. The Morgan fingerprint density at radius 3 is 2.35 bits per heavy atom. The summed E-state index contributed by atoms with van der Waals surface area (Å²) in [4.78, 5) is 57.5. The van der Waals surface area contributed by atoms with Crippen molar-refractivity contribution >= 4 is 40.5 Å². The molecule has 43 heavy (non-hydrogen) atoms. The molecule has 2 heterocycles. The Morgan fingerprint density at radius 1 is 0.977 bits per heavy atom. The van der Waals surface area contributed by atoms with E-state index in [1.54, 1.807) is 0 Å². The van der Waals surface area contributed by atoms with Gasteiger partial charge in [-0.3, -0.25) is 24.3 Å². The van der Waals surface area contributed by atoms with Gasteiger partial charge in [0.1, 0.15) is 12.6 Å². The number of carbonyl (C=O) groups excluding carboxylic acids is 3. The topological polar surface area (TPSA) is 132 Å². The Bertz CT molecular complexity index is 1230. The van der Waals surface area contributed by atoms with Gasteiger partial charge >= 0.3 is 5.97 Å². The number of imide groups is 1. The van der Waals surface area contributed by atoms with Crippen LogP contribution in [0.1, 0.15) is 30.0 Å². The Morgan fingerprint density at radius 2 is 1.65 bits per heavy atom. The van der Waals surface area contributed by atoms with Crippen LogP contribution in [0.15, 0.2) is 54.6 Å². The van der Waals surface area contributed by atoms with E-state index < -0.39 is 28.2 Å². The maximum Gasteiger partial charge on any atom is 0.330 e. The predicted molar refractivity (Wildman–Crippen MR) is 160 cm³/mol. The Kier molecular flexibility index (Phi) is 12.6. The lowest BCUT2D eigenvalue weighted by molar-refractivity contribution is -0.757. The second kappa shape index (κ2) is 16.6. The molecule has 0 radical (unpaired) electrons. The van der Waals surface area contributed by atoms with Crippen molar-refractivity contribution in [1.29, 1.82) is 0 Å². The number of esters is 1. The van der Waals surface area contributed by atoms with Crippen molar-refractivity contribution in [1.82, 2.24) is 14.7 Å². The summed E-state index contributed by atoms with van der Waals surface area (Å²) in [6.07, 6.45) is 0.681. The van der Waals surface area contributed by atoms with Crippen molar-refractivity contribution in [3.63, 3.8) is 0 Å². The van der Waals surface area contributed by atoms with E-state index in [9.17, 15) is 24.5 Å². The fraction of sp³-hybridized carbons (Fsp3) is 0.483. The number of nitrogens with zero attached hydrogens (tertiary/aromatic N) is 4. The summed E-state index contributed by atoms with van der Waals surface area (Å²) in [6, 6.07) is 17.5. The minimum absolute atomic E-state index is 0.00680. The first kappa shape index (κ1) is 32.7. The van der Waals surface area contributed by atoms with Crippen LogP contribution in [0.5, 0.6) is 0 Å². The van der Waals surface area contributed by atoms with Gasteiger partial charge in [-0.2, -0.15) is 0 Å². The van der Waals surface area contributed by atoms with Gasteiger partial charge in [0.15, 0.2) is 0 Å². The zero-order chi connectivity index (χ0) is 30.6. The van der Waals surface area contributed by atoms with Crippen molar-refractivity contribution in [3.05, 3.63) is 80.9 Å². The van der Waals surface area contributed by atoms with Crippen molar-refractivity contribution < 1.29 is 33.8 Å². The molecular formula is C29H35ClN4O8S. The summed E-state index contributed by atoms with van der Waals surface area (Å²) in [7, 11) is 0. The maximum absolute atomic E-state index is 12.8. The molecule has 0 aromatic heterocycles. The van der Waals surface area contributed by atoms with Crippen LogP contribution < -0.4 is 0 Å². The lowest BCUT2D eigenvalue weighted by atomic mass is 9.96. The molecule has 14 heteroatoms. The lowest BCUT2D eigenvalue weighted by Crippen LogP contribution is -2.49. The Labute approximate surface area is 259 Å². The Hall–Kier alpha value is -3.23. The van der Waals surface area contributed by atoms with Crippen LogP contribution in [0.25, 0.3) is 0 Å². The molecule has 2 fully saturated rings. The molecule has 2 aliphatic rings. The molecule has 0 aliphatic carbocycles. The summed E-state index contributed by atoms with van der Waals surface area (Å²) in [5, 5.41) is 9.47.